The summed E-state index contributed by atoms with van der Waals surface area (Å²) in [7, 11) is 0. The van der Waals surface area contributed by atoms with Gasteiger partial charge in [-0.1, -0.05) is 29.3 Å². The molecule has 45 heavy (non-hydrogen) atoms. The topological polar surface area (TPSA) is 107 Å². The number of aromatic nitrogens is 1. The molecular formula is C34H30BrClN4O5. The smallest absolute Gasteiger partial charge is 0.307 e. The lowest BCUT2D eigenvalue weighted by Crippen LogP contribution is -2.21. The number of hydrogen-bond acceptors (Lipinski definition) is 6. The molecule has 11 heteroatoms. The molecule has 5 aromatic rings. The van der Waals surface area contributed by atoms with E-state index in [0.29, 0.717) is 38.0 Å². The summed E-state index contributed by atoms with van der Waals surface area (Å²) in [4.78, 5) is 25.1. The Balaban J connectivity index is 1.15. The number of carbonyl (C=O) groups is 2. The highest BCUT2D eigenvalue weighted by Crippen LogP contribution is 2.32. The summed E-state index contributed by atoms with van der Waals surface area (Å²) in [5, 5.41) is 7.22. The van der Waals surface area contributed by atoms with Gasteiger partial charge in [0, 0.05) is 33.3 Å². The Bertz CT molecular complexity index is 1830. The summed E-state index contributed by atoms with van der Waals surface area (Å²) < 4.78 is 20.0. The SMILES string of the molecule is Cc1ccc(NC(=O)COc2c(Br)cc(Cl)cc2/C=N/NC(=O)c2ccc(COc3ccc(-n4c(C)ccc4C)cc3)o2)cc1. The van der Waals surface area contributed by atoms with Gasteiger partial charge >= 0.3 is 5.91 Å². The van der Waals surface area contributed by atoms with Crippen LogP contribution in [0.4, 0.5) is 5.69 Å². The molecule has 0 fully saturated rings. The van der Waals surface area contributed by atoms with Crippen molar-refractivity contribution in [2.24, 2.45) is 5.10 Å². The molecule has 3 aromatic carbocycles. The second kappa shape index (κ2) is 14.3. The van der Waals surface area contributed by atoms with E-state index in [2.05, 4.69) is 62.3 Å². The van der Waals surface area contributed by atoms with Gasteiger partial charge in [-0.25, -0.2) is 5.43 Å². The summed E-state index contributed by atoms with van der Waals surface area (Å²) in [6.07, 6.45) is 1.37. The Kier molecular flexibility index (Phi) is 10.1. The number of hydrazone groups is 1. The molecule has 0 atom stereocenters. The highest BCUT2D eigenvalue weighted by molar-refractivity contribution is 9.10. The molecule has 0 bridgehead atoms. The van der Waals surface area contributed by atoms with Crippen LogP contribution in [0.15, 0.2) is 98.9 Å². The summed E-state index contributed by atoms with van der Waals surface area (Å²) in [5.74, 6) is 0.654. The first kappa shape index (κ1) is 31.6. The maximum absolute atomic E-state index is 12.7. The van der Waals surface area contributed by atoms with Gasteiger partial charge in [-0.2, -0.15) is 5.10 Å². The van der Waals surface area contributed by atoms with E-state index in [1.807, 2.05) is 55.5 Å². The van der Waals surface area contributed by atoms with Gasteiger partial charge in [-0.05, 0) is 109 Å². The van der Waals surface area contributed by atoms with E-state index in [1.54, 1.807) is 24.3 Å². The van der Waals surface area contributed by atoms with Crippen molar-refractivity contribution < 1.29 is 23.5 Å². The first-order valence-corrected chi connectivity index (χ1v) is 15.1. The quantitative estimate of drug-likeness (QED) is 0.109. The maximum atomic E-state index is 12.7. The number of hydrogen-bond donors (Lipinski definition) is 2. The summed E-state index contributed by atoms with van der Waals surface area (Å²) in [6, 6.07) is 25.8. The van der Waals surface area contributed by atoms with Crippen LogP contribution >= 0.6 is 27.5 Å². The molecule has 2 heterocycles. The van der Waals surface area contributed by atoms with Gasteiger partial charge in [-0.3, -0.25) is 9.59 Å². The fraction of sp³-hybridized carbons (Fsp3) is 0.147. The Morgan fingerprint density at radius 1 is 0.933 bits per heavy atom. The fourth-order valence-electron chi connectivity index (χ4n) is 4.51. The molecule has 2 N–H and O–H groups in total. The Hall–Kier alpha value is -4.80. The number of anilines is 1. The van der Waals surface area contributed by atoms with E-state index >= 15 is 0 Å². The maximum Gasteiger partial charge on any atom is 0.307 e. The van der Waals surface area contributed by atoms with Crippen LogP contribution in [-0.4, -0.2) is 29.2 Å². The van der Waals surface area contributed by atoms with Gasteiger partial charge in [0.25, 0.3) is 5.91 Å². The first-order valence-electron chi connectivity index (χ1n) is 13.9. The van der Waals surface area contributed by atoms with E-state index in [4.69, 9.17) is 25.5 Å². The molecular weight excluding hydrogens is 660 g/mol. The number of rotatable bonds is 11. The Morgan fingerprint density at radius 3 is 2.36 bits per heavy atom. The number of ether oxygens (including phenoxy) is 2. The number of benzene rings is 3. The summed E-state index contributed by atoms with van der Waals surface area (Å²) in [5.41, 5.74) is 7.98. The fourth-order valence-corrected chi connectivity index (χ4v) is 5.46. The van der Waals surface area contributed by atoms with Gasteiger partial charge in [0.15, 0.2) is 12.4 Å². The Labute approximate surface area is 273 Å². The van der Waals surface area contributed by atoms with Crippen LogP contribution in [-0.2, 0) is 11.4 Å². The van der Waals surface area contributed by atoms with Crippen LogP contribution in [0.25, 0.3) is 5.69 Å². The van der Waals surface area contributed by atoms with Crippen molar-refractivity contribution in [3.05, 3.63) is 128 Å². The van der Waals surface area contributed by atoms with Gasteiger partial charge in [0.05, 0.1) is 10.7 Å². The second-order valence-corrected chi connectivity index (χ2v) is 11.5. The van der Waals surface area contributed by atoms with Crippen LogP contribution < -0.4 is 20.2 Å². The van der Waals surface area contributed by atoms with E-state index < -0.39 is 5.91 Å². The van der Waals surface area contributed by atoms with Crippen LogP contribution in [0.3, 0.4) is 0 Å². The van der Waals surface area contributed by atoms with Gasteiger partial charge in [0.2, 0.25) is 0 Å². The largest absolute Gasteiger partial charge is 0.486 e. The van der Waals surface area contributed by atoms with E-state index in [9.17, 15) is 9.59 Å². The van der Waals surface area contributed by atoms with Crippen molar-refractivity contribution in [3.8, 4) is 17.2 Å². The number of nitrogens with zero attached hydrogens (tertiary/aromatic N) is 2. The third kappa shape index (κ3) is 8.23. The van der Waals surface area contributed by atoms with Crippen LogP contribution in [0.5, 0.6) is 11.5 Å². The first-order chi connectivity index (χ1) is 21.7. The highest BCUT2D eigenvalue weighted by atomic mass is 79.9. The normalized spacial score (nSPS) is 11.0. The minimum Gasteiger partial charge on any atom is -0.486 e. The van der Waals surface area contributed by atoms with Crippen molar-refractivity contribution in [1.29, 1.82) is 0 Å². The van der Waals surface area contributed by atoms with E-state index in [-0.39, 0.29) is 24.9 Å². The molecule has 2 aromatic heterocycles. The minimum absolute atomic E-state index is 0.0659. The molecule has 0 spiro atoms. The molecule has 230 valence electrons. The molecule has 9 nitrogen and oxygen atoms in total. The molecule has 0 aliphatic heterocycles. The van der Waals surface area contributed by atoms with Gasteiger partial charge in [0.1, 0.15) is 23.9 Å². The molecule has 2 amide bonds. The summed E-state index contributed by atoms with van der Waals surface area (Å²) >= 11 is 9.64. The molecule has 5 rings (SSSR count). The predicted octanol–water partition coefficient (Wildman–Crippen LogP) is 7.77. The van der Waals surface area contributed by atoms with Crippen LogP contribution in [0.1, 0.15) is 38.8 Å². The average molecular weight is 690 g/mol. The lowest BCUT2D eigenvalue weighted by molar-refractivity contribution is -0.118. The molecule has 0 unspecified atom stereocenters. The number of aryl methyl sites for hydroxylation is 3. The number of amides is 2. The van der Waals surface area contributed by atoms with Crippen molar-refractivity contribution in [2.45, 2.75) is 27.4 Å². The van der Waals surface area contributed by atoms with Crippen molar-refractivity contribution in [3.63, 3.8) is 0 Å². The van der Waals surface area contributed by atoms with Gasteiger partial charge < -0.3 is 23.8 Å². The minimum atomic E-state index is -0.555. The molecule has 0 radical (unpaired) electrons. The third-order valence-corrected chi connectivity index (χ3v) is 7.53. The van der Waals surface area contributed by atoms with E-state index in [0.717, 1.165) is 22.6 Å². The number of halogens is 2. The monoisotopic (exact) mass is 688 g/mol. The van der Waals surface area contributed by atoms with Crippen molar-refractivity contribution in [2.75, 3.05) is 11.9 Å². The average Bonchev–Trinajstić information content (AvgIpc) is 3.63. The zero-order valence-electron chi connectivity index (χ0n) is 24.8. The lowest BCUT2D eigenvalue weighted by atomic mass is 10.2. The number of carbonyl (C=O) groups excluding carboxylic acids is 2. The second-order valence-electron chi connectivity index (χ2n) is 10.2. The molecule has 0 saturated carbocycles. The van der Waals surface area contributed by atoms with Crippen LogP contribution in [0, 0.1) is 20.8 Å². The highest BCUT2D eigenvalue weighted by Gasteiger charge is 2.14. The number of nitrogens with one attached hydrogen (secondary N) is 2. The standard InChI is InChI=1S/C34H30BrClN4O5/c1-21-4-8-26(9-5-21)38-32(41)20-44-33-24(16-25(36)17-30(33)35)18-37-39-34(42)31-15-14-29(45-31)19-43-28-12-10-27(11-13-28)40-22(2)6-7-23(40)3/h4-18H,19-20H2,1-3H3,(H,38,41)(H,39,42)/b37-18+. The zero-order valence-corrected chi connectivity index (χ0v) is 27.1. The van der Waals surface area contributed by atoms with Gasteiger partial charge in [-0.15, -0.1) is 0 Å². The zero-order chi connectivity index (χ0) is 31.9. The van der Waals surface area contributed by atoms with Crippen molar-refractivity contribution in [1.82, 2.24) is 9.99 Å². The molecule has 0 aliphatic rings. The predicted molar refractivity (Wildman–Crippen MR) is 178 cm³/mol. The van der Waals surface area contributed by atoms with E-state index in [1.165, 1.54) is 6.21 Å². The van der Waals surface area contributed by atoms with Crippen molar-refractivity contribution >= 4 is 51.2 Å². The van der Waals surface area contributed by atoms with Crippen LogP contribution in [0.2, 0.25) is 5.02 Å². The third-order valence-electron chi connectivity index (χ3n) is 6.72. The Morgan fingerprint density at radius 2 is 1.64 bits per heavy atom. The number of furan rings is 1. The molecule has 0 aliphatic carbocycles. The lowest BCUT2D eigenvalue weighted by Gasteiger charge is -2.12. The molecule has 0 saturated heterocycles. The summed E-state index contributed by atoms with van der Waals surface area (Å²) in [6.45, 7) is 5.98.